The van der Waals surface area contributed by atoms with Crippen molar-refractivity contribution < 1.29 is 10.2 Å². The van der Waals surface area contributed by atoms with Gasteiger partial charge in [-0.3, -0.25) is 0 Å². The molecule has 1 fully saturated rings. The van der Waals surface area contributed by atoms with Gasteiger partial charge in [0.2, 0.25) is 0 Å². The molecule has 0 aliphatic heterocycles. The first-order valence-electron chi connectivity index (χ1n) is 9.15. The second-order valence-corrected chi connectivity index (χ2v) is 8.24. The van der Waals surface area contributed by atoms with Gasteiger partial charge in [-0.2, -0.15) is 0 Å². The predicted octanol–water partition coefficient (Wildman–Crippen LogP) is 5.79. The largest absolute Gasteiger partial charge is 0.508 e. The topological polar surface area (TPSA) is 40.5 Å². The van der Waals surface area contributed by atoms with E-state index in [0.29, 0.717) is 41.1 Å². The molecule has 3 aliphatic rings. The van der Waals surface area contributed by atoms with Crippen molar-refractivity contribution in [2.24, 2.45) is 17.8 Å². The average molecular weight is 389 g/mol. The zero-order valence-corrected chi connectivity index (χ0v) is 15.5. The van der Waals surface area contributed by atoms with Gasteiger partial charge in [-0.15, -0.1) is 0 Å². The first kappa shape index (κ1) is 16.3. The molecule has 1 aromatic rings. The van der Waals surface area contributed by atoms with Crippen molar-refractivity contribution in [3.63, 3.8) is 0 Å². The molecule has 3 heteroatoms. The van der Waals surface area contributed by atoms with Crippen LogP contribution in [0.2, 0.25) is 0 Å². The van der Waals surface area contributed by atoms with Crippen LogP contribution in [0.25, 0.3) is 0 Å². The lowest BCUT2D eigenvalue weighted by molar-refractivity contribution is 0.134. The highest BCUT2D eigenvalue weighted by Crippen LogP contribution is 2.56. The number of benzene rings is 1. The van der Waals surface area contributed by atoms with Crippen molar-refractivity contribution in [1.29, 1.82) is 0 Å². The number of hydrogen-bond acceptors (Lipinski definition) is 2. The Morgan fingerprint density at radius 3 is 2.67 bits per heavy atom. The summed E-state index contributed by atoms with van der Waals surface area (Å²) in [5, 5.41) is 20.7. The Bertz CT molecular complexity index is 678. The summed E-state index contributed by atoms with van der Waals surface area (Å²) in [6, 6.07) is 6.01. The molecule has 0 heterocycles. The third-order valence-corrected chi connectivity index (χ3v) is 7.12. The van der Waals surface area contributed by atoms with Crippen molar-refractivity contribution in [2.45, 2.75) is 43.9 Å². The van der Waals surface area contributed by atoms with E-state index in [-0.39, 0.29) is 0 Å². The Kier molecular flexibility index (Phi) is 4.46. The van der Waals surface area contributed by atoms with Gasteiger partial charge >= 0.3 is 0 Å². The number of hydrogen-bond donors (Lipinski definition) is 2. The molecule has 3 aliphatic carbocycles. The van der Waals surface area contributed by atoms with Crippen LogP contribution < -0.4 is 0 Å². The molecule has 1 aromatic carbocycles. The summed E-state index contributed by atoms with van der Waals surface area (Å²) in [5.74, 6) is 3.64. The fraction of sp³-hybridized carbons (Fsp3) is 0.524. The van der Waals surface area contributed by atoms with Crippen LogP contribution in [0.3, 0.4) is 0 Å². The standard InChI is InChI=1S/C21H25BrO2/c22-12-20-17-10-9-15(24)11-19(17)16-3-1-2-4-18(16)21(20)13-5-7-14(23)8-6-13/h5,7-11,13,16,18,20-21,23-24H,1-4,6,12H2/t13?,16-,18+,20+,21+/m1/s1. The van der Waals surface area contributed by atoms with Crippen molar-refractivity contribution in [3.8, 4) is 5.75 Å². The number of aliphatic hydroxyl groups excluding tert-OH is 1. The third kappa shape index (κ3) is 2.71. The van der Waals surface area contributed by atoms with E-state index in [9.17, 15) is 10.2 Å². The van der Waals surface area contributed by atoms with E-state index in [1.165, 1.54) is 36.8 Å². The maximum Gasteiger partial charge on any atom is 0.115 e. The number of phenols is 1. The lowest BCUT2D eigenvalue weighted by atomic mass is 9.56. The van der Waals surface area contributed by atoms with Crippen LogP contribution >= 0.6 is 15.9 Å². The van der Waals surface area contributed by atoms with E-state index in [2.05, 4.69) is 28.1 Å². The Morgan fingerprint density at radius 1 is 1.08 bits per heavy atom. The van der Waals surface area contributed by atoms with E-state index < -0.39 is 0 Å². The first-order chi connectivity index (χ1) is 11.7. The minimum absolute atomic E-state index is 0.398. The van der Waals surface area contributed by atoms with E-state index in [0.717, 1.165) is 11.8 Å². The van der Waals surface area contributed by atoms with Crippen LogP contribution in [0.1, 0.15) is 55.1 Å². The normalized spacial score (nSPS) is 35.0. The molecule has 5 atom stereocenters. The molecule has 0 saturated heterocycles. The summed E-state index contributed by atoms with van der Waals surface area (Å²) in [4.78, 5) is 0. The first-order valence-corrected chi connectivity index (χ1v) is 10.3. The number of fused-ring (bicyclic) bond motifs is 3. The summed E-state index contributed by atoms with van der Waals surface area (Å²) in [5.41, 5.74) is 2.81. The number of halogens is 1. The molecule has 0 aromatic heterocycles. The zero-order valence-electron chi connectivity index (χ0n) is 13.9. The minimum Gasteiger partial charge on any atom is -0.508 e. The van der Waals surface area contributed by atoms with Crippen molar-refractivity contribution in [2.75, 3.05) is 5.33 Å². The smallest absolute Gasteiger partial charge is 0.115 e. The van der Waals surface area contributed by atoms with Crippen molar-refractivity contribution in [1.82, 2.24) is 0 Å². The van der Waals surface area contributed by atoms with Gasteiger partial charge in [0.25, 0.3) is 0 Å². The average Bonchev–Trinajstić information content (AvgIpc) is 2.61. The lowest BCUT2D eigenvalue weighted by Crippen LogP contribution is -2.39. The van der Waals surface area contributed by atoms with Crippen LogP contribution in [0.15, 0.2) is 42.2 Å². The monoisotopic (exact) mass is 388 g/mol. The van der Waals surface area contributed by atoms with Crippen molar-refractivity contribution >= 4 is 15.9 Å². The molecule has 0 radical (unpaired) electrons. The molecule has 128 valence electrons. The van der Waals surface area contributed by atoms with Gasteiger partial charge in [0.05, 0.1) is 0 Å². The second-order valence-electron chi connectivity index (χ2n) is 7.59. The Balaban J connectivity index is 1.78. The van der Waals surface area contributed by atoms with Crippen molar-refractivity contribution in [3.05, 3.63) is 53.3 Å². The molecule has 0 spiro atoms. The third-order valence-electron chi connectivity index (χ3n) is 6.42. The van der Waals surface area contributed by atoms with E-state index >= 15 is 0 Å². The molecule has 1 unspecified atom stereocenters. The van der Waals surface area contributed by atoms with Crippen LogP contribution in [-0.2, 0) is 0 Å². The number of aromatic hydroxyl groups is 1. The van der Waals surface area contributed by atoms with Gasteiger partial charge in [-0.05, 0) is 84.3 Å². The number of allylic oxidation sites excluding steroid dienone is 3. The summed E-state index contributed by atoms with van der Waals surface area (Å²) >= 11 is 3.78. The van der Waals surface area contributed by atoms with E-state index in [1.807, 2.05) is 24.3 Å². The highest BCUT2D eigenvalue weighted by atomic mass is 79.9. The van der Waals surface area contributed by atoms with Crippen LogP contribution in [0, 0.1) is 17.8 Å². The molecular weight excluding hydrogens is 364 g/mol. The van der Waals surface area contributed by atoms with Crippen LogP contribution in [0.5, 0.6) is 5.75 Å². The van der Waals surface area contributed by atoms with Gasteiger partial charge in [0.1, 0.15) is 11.5 Å². The predicted molar refractivity (Wildman–Crippen MR) is 101 cm³/mol. The van der Waals surface area contributed by atoms with Gasteiger partial charge in [0, 0.05) is 5.33 Å². The molecule has 1 saturated carbocycles. The van der Waals surface area contributed by atoms with E-state index in [4.69, 9.17) is 0 Å². The SMILES string of the molecule is OC1=CCC([C@H]2[C@H]3CCCC[C@H]3c3cc(O)ccc3[C@@H]2CBr)C=C1. The molecule has 0 bridgehead atoms. The fourth-order valence-electron chi connectivity index (χ4n) is 5.45. The molecular formula is C21H25BrO2. The highest BCUT2D eigenvalue weighted by Gasteiger charge is 2.45. The van der Waals surface area contributed by atoms with Crippen LogP contribution in [0.4, 0.5) is 0 Å². The molecule has 2 nitrogen and oxygen atoms in total. The molecule has 2 N–H and O–H groups in total. The second kappa shape index (κ2) is 6.59. The van der Waals surface area contributed by atoms with Gasteiger partial charge in [-0.25, -0.2) is 0 Å². The summed E-state index contributed by atoms with van der Waals surface area (Å²) in [6.07, 6.45) is 12.2. The molecule has 0 amide bonds. The number of alkyl halides is 1. The number of phenolic OH excluding ortho intramolecular Hbond substituents is 1. The summed E-state index contributed by atoms with van der Waals surface area (Å²) < 4.78 is 0. The Labute approximate surface area is 152 Å². The molecule has 4 rings (SSSR count). The summed E-state index contributed by atoms with van der Waals surface area (Å²) in [7, 11) is 0. The Hall–Kier alpha value is -1.22. The van der Waals surface area contributed by atoms with Gasteiger partial charge < -0.3 is 10.2 Å². The Morgan fingerprint density at radius 2 is 1.92 bits per heavy atom. The van der Waals surface area contributed by atoms with Gasteiger partial charge in [0.15, 0.2) is 0 Å². The molecule has 24 heavy (non-hydrogen) atoms. The fourth-order valence-corrected chi connectivity index (χ4v) is 6.23. The summed E-state index contributed by atoms with van der Waals surface area (Å²) in [6.45, 7) is 0. The number of rotatable bonds is 2. The quantitative estimate of drug-likeness (QED) is 0.629. The van der Waals surface area contributed by atoms with E-state index in [1.54, 1.807) is 0 Å². The number of aliphatic hydroxyl groups is 1. The maximum absolute atomic E-state index is 10.0. The lowest BCUT2D eigenvalue weighted by Gasteiger charge is -2.49. The van der Waals surface area contributed by atoms with Crippen LogP contribution in [-0.4, -0.2) is 15.5 Å². The minimum atomic E-state index is 0.398. The highest BCUT2D eigenvalue weighted by molar-refractivity contribution is 9.09. The zero-order chi connectivity index (χ0) is 16.7. The maximum atomic E-state index is 10.0. The van der Waals surface area contributed by atoms with Gasteiger partial charge in [-0.1, -0.05) is 40.9 Å².